The van der Waals surface area contributed by atoms with Crippen LogP contribution in [0.3, 0.4) is 0 Å². The highest BCUT2D eigenvalue weighted by Gasteiger charge is 2.43. The van der Waals surface area contributed by atoms with Crippen LogP contribution in [0.1, 0.15) is 51.4 Å². The van der Waals surface area contributed by atoms with Gasteiger partial charge in [-0.1, -0.05) is 31.4 Å². The monoisotopic (exact) mass is 416 g/mol. The fraction of sp³-hybridized carbons (Fsp3) is 0.905. The van der Waals surface area contributed by atoms with Gasteiger partial charge in [0.2, 0.25) is 0 Å². The van der Waals surface area contributed by atoms with Crippen LogP contribution in [0.25, 0.3) is 0 Å². The molecule has 0 aromatic carbocycles. The maximum Gasteiger partial charge on any atom is 0.186 e. The van der Waals surface area contributed by atoms with Crippen LogP contribution in [0.2, 0.25) is 0 Å². The number of aliphatic hydroxyl groups is 5. The van der Waals surface area contributed by atoms with Gasteiger partial charge in [-0.05, 0) is 25.2 Å². The maximum atomic E-state index is 10.8. The Morgan fingerprint density at radius 2 is 1.55 bits per heavy atom. The van der Waals surface area contributed by atoms with E-state index in [0.717, 1.165) is 0 Å². The summed E-state index contributed by atoms with van der Waals surface area (Å²) in [6.45, 7) is -0.501. The van der Waals surface area contributed by atoms with Crippen LogP contribution in [0, 0.1) is 5.92 Å². The van der Waals surface area contributed by atoms with Crippen LogP contribution in [-0.4, -0.2) is 87.8 Å². The summed E-state index contributed by atoms with van der Waals surface area (Å²) in [7, 11) is 0. The normalized spacial score (nSPS) is 42.4. The third-order valence-electron chi connectivity index (χ3n) is 6.27. The van der Waals surface area contributed by atoms with Gasteiger partial charge in [0.1, 0.15) is 12.2 Å². The van der Waals surface area contributed by atoms with Crippen molar-refractivity contribution < 1.29 is 39.7 Å². The highest BCUT2D eigenvalue weighted by molar-refractivity contribution is 4.96. The summed E-state index contributed by atoms with van der Waals surface area (Å²) in [5.74, 6) is 0.577. The number of allylic oxidation sites excluding steroid dienone is 1. The molecule has 0 bridgehead atoms. The Hall–Kier alpha value is -0.580. The van der Waals surface area contributed by atoms with E-state index in [9.17, 15) is 25.5 Å². The van der Waals surface area contributed by atoms with Gasteiger partial charge in [0.15, 0.2) is 6.29 Å². The first-order valence-corrected chi connectivity index (χ1v) is 10.9. The lowest BCUT2D eigenvalue weighted by atomic mass is 9.88. The second kappa shape index (κ2) is 11.2. The summed E-state index contributed by atoms with van der Waals surface area (Å²) >= 11 is 0. The Labute approximate surface area is 172 Å². The van der Waals surface area contributed by atoms with Gasteiger partial charge < -0.3 is 39.7 Å². The van der Waals surface area contributed by atoms with Crippen LogP contribution >= 0.6 is 0 Å². The zero-order chi connectivity index (χ0) is 20.8. The van der Waals surface area contributed by atoms with Gasteiger partial charge in [-0.25, -0.2) is 0 Å². The molecule has 168 valence electrons. The molecule has 3 aliphatic rings. The number of hydrogen-bond acceptors (Lipinski definition) is 8. The van der Waals surface area contributed by atoms with E-state index in [0.29, 0.717) is 12.3 Å². The minimum absolute atomic E-state index is 0.113. The van der Waals surface area contributed by atoms with Crippen molar-refractivity contribution in [1.82, 2.24) is 0 Å². The minimum Gasteiger partial charge on any atom is -0.394 e. The molecule has 1 saturated carbocycles. The summed E-state index contributed by atoms with van der Waals surface area (Å²) in [5.41, 5.74) is 0. The molecule has 29 heavy (non-hydrogen) atoms. The molecule has 8 heteroatoms. The fourth-order valence-electron chi connectivity index (χ4n) is 4.52. The van der Waals surface area contributed by atoms with Crippen molar-refractivity contribution in [2.45, 2.75) is 100 Å². The summed E-state index contributed by atoms with van der Waals surface area (Å²) in [5, 5.41) is 49.8. The molecule has 3 rings (SSSR count). The second-order valence-electron chi connectivity index (χ2n) is 8.54. The molecule has 2 heterocycles. The number of aliphatic hydroxyl groups excluding tert-OH is 5. The van der Waals surface area contributed by atoms with Gasteiger partial charge in [0.25, 0.3) is 0 Å². The Morgan fingerprint density at radius 1 is 0.862 bits per heavy atom. The van der Waals surface area contributed by atoms with Crippen molar-refractivity contribution in [2.75, 3.05) is 13.2 Å². The van der Waals surface area contributed by atoms with Gasteiger partial charge in [-0.3, -0.25) is 0 Å². The molecule has 8 unspecified atom stereocenters. The van der Waals surface area contributed by atoms with E-state index >= 15 is 0 Å². The average molecular weight is 417 g/mol. The standard InChI is InChI=1S/C21H36O8/c22-11-14-9-16(24)19(25)21(28-14)29-18-10-15(12-23)27-17(20(18)26)8-4-7-13-5-2-1-3-6-13/h4,7,13-26H,1-3,5-6,8-12H2. The van der Waals surface area contributed by atoms with Crippen LogP contribution in [0.4, 0.5) is 0 Å². The molecule has 2 saturated heterocycles. The lowest BCUT2D eigenvalue weighted by Crippen LogP contribution is -2.56. The number of rotatable bonds is 7. The smallest absolute Gasteiger partial charge is 0.186 e. The van der Waals surface area contributed by atoms with Crippen LogP contribution in [0.15, 0.2) is 12.2 Å². The number of hydrogen-bond donors (Lipinski definition) is 5. The SMILES string of the molecule is OCC1CC(OC2OC(CO)CC(O)C2O)C(O)C(CC=CC2CCCCC2)O1. The van der Waals surface area contributed by atoms with Crippen molar-refractivity contribution >= 4 is 0 Å². The Bertz CT molecular complexity index is 509. The summed E-state index contributed by atoms with van der Waals surface area (Å²) in [6.07, 6.45) is 4.43. The molecular formula is C21H36O8. The van der Waals surface area contributed by atoms with Crippen molar-refractivity contribution in [3.8, 4) is 0 Å². The predicted octanol–water partition coefficient (Wildman–Crippen LogP) is 0.238. The van der Waals surface area contributed by atoms with E-state index < -0.39 is 49.0 Å². The van der Waals surface area contributed by atoms with E-state index in [2.05, 4.69) is 6.08 Å². The zero-order valence-corrected chi connectivity index (χ0v) is 16.9. The Morgan fingerprint density at radius 3 is 2.24 bits per heavy atom. The lowest BCUT2D eigenvalue weighted by molar-refractivity contribution is -0.308. The molecular weight excluding hydrogens is 380 g/mol. The van der Waals surface area contributed by atoms with Crippen LogP contribution < -0.4 is 0 Å². The topological polar surface area (TPSA) is 129 Å². The molecule has 8 atom stereocenters. The molecule has 0 spiro atoms. The van der Waals surface area contributed by atoms with Crippen LogP contribution in [-0.2, 0) is 14.2 Å². The van der Waals surface area contributed by atoms with Crippen molar-refractivity contribution in [2.24, 2.45) is 5.92 Å². The van der Waals surface area contributed by atoms with Gasteiger partial charge >= 0.3 is 0 Å². The van der Waals surface area contributed by atoms with E-state index in [4.69, 9.17) is 14.2 Å². The fourth-order valence-corrected chi connectivity index (χ4v) is 4.52. The second-order valence-corrected chi connectivity index (χ2v) is 8.54. The minimum atomic E-state index is -1.27. The molecule has 5 N–H and O–H groups in total. The third-order valence-corrected chi connectivity index (χ3v) is 6.27. The van der Waals surface area contributed by atoms with Crippen molar-refractivity contribution in [3.63, 3.8) is 0 Å². The summed E-state index contributed by atoms with van der Waals surface area (Å²) in [4.78, 5) is 0. The van der Waals surface area contributed by atoms with Crippen LogP contribution in [0.5, 0.6) is 0 Å². The first kappa shape index (κ1) is 23.1. The number of ether oxygens (including phenoxy) is 3. The Kier molecular flexibility index (Phi) is 8.88. The molecule has 0 radical (unpaired) electrons. The highest BCUT2D eigenvalue weighted by atomic mass is 16.7. The lowest BCUT2D eigenvalue weighted by Gasteiger charge is -2.43. The molecule has 0 amide bonds. The molecule has 8 nitrogen and oxygen atoms in total. The zero-order valence-electron chi connectivity index (χ0n) is 16.9. The predicted molar refractivity (Wildman–Crippen MR) is 104 cm³/mol. The van der Waals surface area contributed by atoms with Crippen molar-refractivity contribution in [3.05, 3.63) is 12.2 Å². The maximum absolute atomic E-state index is 10.8. The molecule has 0 aromatic rings. The molecule has 3 fully saturated rings. The molecule has 2 aliphatic heterocycles. The molecule has 0 aromatic heterocycles. The van der Waals surface area contributed by atoms with Crippen molar-refractivity contribution in [1.29, 1.82) is 0 Å². The quantitative estimate of drug-likeness (QED) is 0.373. The van der Waals surface area contributed by atoms with Gasteiger partial charge in [0.05, 0.1) is 43.7 Å². The molecule has 1 aliphatic carbocycles. The average Bonchev–Trinajstić information content (AvgIpc) is 2.74. The third kappa shape index (κ3) is 6.21. The van der Waals surface area contributed by atoms with Gasteiger partial charge in [-0.2, -0.15) is 0 Å². The van der Waals surface area contributed by atoms with E-state index in [1.165, 1.54) is 32.1 Å². The highest BCUT2D eigenvalue weighted by Crippen LogP contribution is 2.30. The van der Waals surface area contributed by atoms with E-state index in [-0.39, 0.29) is 26.1 Å². The van der Waals surface area contributed by atoms with E-state index in [1.54, 1.807) is 0 Å². The first-order valence-electron chi connectivity index (χ1n) is 10.9. The largest absolute Gasteiger partial charge is 0.394 e. The van der Waals surface area contributed by atoms with E-state index in [1.807, 2.05) is 6.08 Å². The summed E-state index contributed by atoms with van der Waals surface area (Å²) in [6, 6.07) is 0. The Balaban J connectivity index is 1.59. The van der Waals surface area contributed by atoms with Gasteiger partial charge in [-0.15, -0.1) is 0 Å². The first-order chi connectivity index (χ1) is 14.0. The van der Waals surface area contributed by atoms with Gasteiger partial charge in [0, 0.05) is 12.8 Å². The summed E-state index contributed by atoms with van der Waals surface area (Å²) < 4.78 is 17.2.